The summed E-state index contributed by atoms with van der Waals surface area (Å²) in [6, 6.07) is 8.50. The molecule has 5 nitrogen and oxygen atoms in total. The highest BCUT2D eigenvalue weighted by Crippen LogP contribution is 2.18. The zero-order valence-electron chi connectivity index (χ0n) is 15.0. The molecule has 1 aromatic rings. The molecule has 0 fully saturated rings. The van der Waals surface area contributed by atoms with Crippen LogP contribution < -0.4 is 10.6 Å². The van der Waals surface area contributed by atoms with Crippen molar-refractivity contribution in [2.75, 3.05) is 26.2 Å². The number of benzene rings is 1. The fourth-order valence-electron chi connectivity index (χ4n) is 3.14. The molecule has 1 unspecified atom stereocenters. The number of urea groups is 1. The van der Waals surface area contributed by atoms with Gasteiger partial charge in [-0.2, -0.15) is 0 Å². The van der Waals surface area contributed by atoms with Gasteiger partial charge in [0.05, 0.1) is 0 Å². The van der Waals surface area contributed by atoms with Crippen LogP contribution in [-0.2, 0) is 13.0 Å². The number of hydrogen-bond acceptors (Lipinski definition) is 3. The second kappa shape index (κ2) is 9.04. The van der Waals surface area contributed by atoms with Gasteiger partial charge in [0.25, 0.3) is 0 Å². The Labute approximate surface area is 145 Å². The van der Waals surface area contributed by atoms with E-state index in [0.717, 1.165) is 38.9 Å². The van der Waals surface area contributed by atoms with Crippen molar-refractivity contribution in [2.24, 2.45) is 0 Å². The molecule has 0 spiro atoms. The summed E-state index contributed by atoms with van der Waals surface area (Å²) in [5, 5.41) is 15.0. The topological polar surface area (TPSA) is 64.6 Å². The minimum absolute atomic E-state index is 0.0844. The molecule has 0 saturated carbocycles. The van der Waals surface area contributed by atoms with Gasteiger partial charge in [0.15, 0.2) is 0 Å². The first-order valence-electron chi connectivity index (χ1n) is 9.02. The van der Waals surface area contributed by atoms with Gasteiger partial charge in [0.2, 0.25) is 0 Å². The number of fused-ring (bicyclic) bond motifs is 1. The average Bonchev–Trinajstić information content (AvgIpc) is 2.59. The Morgan fingerprint density at radius 1 is 1.33 bits per heavy atom. The van der Waals surface area contributed by atoms with Crippen LogP contribution in [0.15, 0.2) is 24.3 Å². The average molecular weight is 333 g/mol. The van der Waals surface area contributed by atoms with Gasteiger partial charge in [-0.3, -0.25) is 4.90 Å². The molecule has 24 heavy (non-hydrogen) atoms. The second-order valence-corrected chi connectivity index (χ2v) is 6.92. The van der Waals surface area contributed by atoms with Crippen molar-refractivity contribution >= 4 is 6.03 Å². The number of nitrogens with zero attached hydrogens (tertiary/aromatic N) is 1. The van der Waals surface area contributed by atoms with Gasteiger partial charge in [0, 0.05) is 38.3 Å². The van der Waals surface area contributed by atoms with E-state index in [-0.39, 0.29) is 18.2 Å². The van der Waals surface area contributed by atoms with E-state index in [9.17, 15) is 4.79 Å². The minimum Gasteiger partial charge on any atom is -0.396 e. The highest BCUT2D eigenvalue weighted by atomic mass is 16.3. The van der Waals surface area contributed by atoms with Gasteiger partial charge >= 0.3 is 6.03 Å². The highest BCUT2D eigenvalue weighted by Gasteiger charge is 2.23. The van der Waals surface area contributed by atoms with Crippen molar-refractivity contribution in [3.8, 4) is 0 Å². The Morgan fingerprint density at radius 2 is 2.08 bits per heavy atom. The standard InChI is InChI=1S/C19H31N3O2/c1-3-19(2,10-14-23)21-18(24)20-11-6-12-22-13-9-16-7-4-5-8-17(16)15-22/h4-5,7-8,23H,3,6,9-15H2,1-2H3,(H2,20,21,24). The Morgan fingerprint density at radius 3 is 2.79 bits per heavy atom. The fraction of sp³-hybridized carbons (Fsp3) is 0.632. The summed E-state index contributed by atoms with van der Waals surface area (Å²) in [4.78, 5) is 14.4. The van der Waals surface area contributed by atoms with Crippen molar-refractivity contribution in [3.63, 3.8) is 0 Å². The maximum atomic E-state index is 12.0. The molecule has 5 heteroatoms. The lowest BCUT2D eigenvalue weighted by Crippen LogP contribution is -2.50. The van der Waals surface area contributed by atoms with Crippen molar-refractivity contribution in [1.82, 2.24) is 15.5 Å². The van der Waals surface area contributed by atoms with Crippen LogP contribution >= 0.6 is 0 Å². The number of aliphatic hydroxyl groups is 1. The maximum absolute atomic E-state index is 12.0. The SMILES string of the molecule is CCC(C)(CCO)NC(=O)NCCCN1CCc2ccccc2C1. The van der Waals surface area contributed by atoms with Gasteiger partial charge in [-0.05, 0) is 43.7 Å². The Balaban J connectivity index is 1.66. The summed E-state index contributed by atoms with van der Waals surface area (Å²) < 4.78 is 0. The first kappa shape index (κ1) is 18.7. The molecule has 0 saturated heterocycles. The predicted molar refractivity (Wildman–Crippen MR) is 97.0 cm³/mol. The van der Waals surface area contributed by atoms with Gasteiger partial charge in [0.1, 0.15) is 0 Å². The molecule has 1 heterocycles. The van der Waals surface area contributed by atoms with Crippen molar-refractivity contribution in [1.29, 1.82) is 0 Å². The van der Waals surface area contributed by atoms with Crippen molar-refractivity contribution in [3.05, 3.63) is 35.4 Å². The van der Waals surface area contributed by atoms with Gasteiger partial charge in [-0.1, -0.05) is 31.2 Å². The van der Waals surface area contributed by atoms with Crippen LogP contribution in [0.3, 0.4) is 0 Å². The third kappa shape index (κ3) is 5.49. The zero-order chi connectivity index (χ0) is 17.4. The lowest BCUT2D eigenvalue weighted by atomic mass is 9.95. The molecular formula is C19H31N3O2. The van der Waals surface area contributed by atoms with Crippen LogP contribution in [-0.4, -0.2) is 47.8 Å². The van der Waals surface area contributed by atoms with E-state index in [1.54, 1.807) is 0 Å². The number of nitrogens with one attached hydrogen (secondary N) is 2. The van der Waals surface area contributed by atoms with E-state index in [1.165, 1.54) is 11.1 Å². The van der Waals surface area contributed by atoms with E-state index < -0.39 is 0 Å². The summed E-state index contributed by atoms with van der Waals surface area (Å²) in [7, 11) is 0. The molecule has 2 rings (SSSR count). The lowest BCUT2D eigenvalue weighted by molar-refractivity contribution is 0.200. The number of rotatable bonds is 8. The minimum atomic E-state index is -0.338. The molecule has 2 amide bonds. The molecule has 0 bridgehead atoms. The summed E-state index contributed by atoms with van der Waals surface area (Å²) in [5.41, 5.74) is 2.56. The first-order chi connectivity index (χ1) is 11.6. The smallest absolute Gasteiger partial charge is 0.315 e. The number of carbonyl (C=O) groups is 1. The van der Waals surface area contributed by atoms with E-state index in [4.69, 9.17) is 5.11 Å². The molecule has 1 atom stereocenters. The van der Waals surface area contributed by atoms with Crippen molar-refractivity contribution < 1.29 is 9.90 Å². The van der Waals surface area contributed by atoms with E-state index in [0.29, 0.717) is 13.0 Å². The lowest BCUT2D eigenvalue weighted by Gasteiger charge is -2.30. The van der Waals surface area contributed by atoms with Gasteiger partial charge in [-0.25, -0.2) is 4.79 Å². The summed E-state index contributed by atoms with van der Waals surface area (Å²) in [5.74, 6) is 0. The molecule has 1 aromatic carbocycles. The Bertz CT molecular complexity index is 535. The Kier molecular flexibility index (Phi) is 7.06. The number of amides is 2. The molecule has 134 valence electrons. The maximum Gasteiger partial charge on any atom is 0.315 e. The molecule has 1 aliphatic heterocycles. The second-order valence-electron chi connectivity index (χ2n) is 6.92. The summed E-state index contributed by atoms with van der Waals surface area (Å²) >= 11 is 0. The van der Waals surface area contributed by atoms with Crippen LogP contribution in [0.1, 0.15) is 44.2 Å². The third-order valence-corrected chi connectivity index (χ3v) is 5.01. The van der Waals surface area contributed by atoms with E-state index in [2.05, 4.69) is 39.8 Å². The van der Waals surface area contributed by atoms with Crippen molar-refractivity contribution in [2.45, 2.75) is 51.6 Å². The normalized spacial score (nSPS) is 17.0. The number of carbonyl (C=O) groups excluding carboxylic acids is 1. The Hall–Kier alpha value is -1.59. The van der Waals surface area contributed by atoms with Crippen LogP contribution in [0.25, 0.3) is 0 Å². The number of hydrogen-bond donors (Lipinski definition) is 3. The molecule has 0 aromatic heterocycles. The van der Waals surface area contributed by atoms with Crippen LogP contribution in [0.5, 0.6) is 0 Å². The van der Waals surface area contributed by atoms with Crippen LogP contribution in [0.4, 0.5) is 4.79 Å². The van der Waals surface area contributed by atoms with Crippen LogP contribution in [0, 0.1) is 0 Å². The zero-order valence-corrected chi connectivity index (χ0v) is 15.0. The molecule has 1 aliphatic rings. The number of aliphatic hydroxyl groups excluding tert-OH is 1. The van der Waals surface area contributed by atoms with E-state index >= 15 is 0 Å². The van der Waals surface area contributed by atoms with E-state index in [1.807, 2.05) is 13.8 Å². The highest BCUT2D eigenvalue weighted by molar-refractivity contribution is 5.74. The molecule has 3 N–H and O–H groups in total. The first-order valence-corrected chi connectivity index (χ1v) is 9.02. The summed E-state index contributed by atoms with van der Waals surface area (Å²) in [6.07, 6.45) is 3.43. The molecule has 0 aliphatic carbocycles. The molecule has 0 radical (unpaired) electrons. The quantitative estimate of drug-likeness (QED) is 0.640. The van der Waals surface area contributed by atoms with Gasteiger partial charge in [-0.15, -0.1) is 0 Å². The predicted octanol–water partition coefficient (Wildman–Crippen LogP) is 2.29. The monoisotopic (exact) mass is 333 g/mol. The van der Waals surface area contributed by atoms with Crippen LogP contribution in [0.2, 0.25) is 0 Å². The molecular weight excluding hydrogens is 302 g/mol. The largest absolute Gasteiger partial charge is 0.396 e. The summed E-state index contributed by atoms with van der Waals surface area (Å²) in [6.45, 7) is 7.83. The fourth-order valence-corrected chi connectivity index (χ4v) is 3.14. The van der Waals surface area contributed by atoms with Gasteiger partial charge < -0.3 is 15.7 Å². The third-order valence-electron chi connectivity index (χ3n) is 5.01.